The molecule has 0 heterocycles. The highest BCUT2D eigenvalue weighted by molar-refractivity contribution is 6.06. The second-order valence-corrected chi connectivity index (χ2v) is 10.1. The number of phenolic OH excluding ortho intramolecular Hbond substituents is 1. The Labute approximate surface area is 255 Å². The first-order valence-electron chi connectivity index (χ1n) is 14.8. The summed E-state index contributed by atoms with van der Waals surface area (Å²) in [5.41, 5.74) is 1.45. The highest BCUT2D eigenvalue weighted by atomic mass is 16.5. The Bertz CT molecular complexity index is 1200. The minimum Gasteiger partial charge on any atom is -0.502 e. The molecule has 43 heavy (non-hydrogen) atoms. The average Bonchev–Trinajstić information content (AvgIpc) is 3.01. The van der Waals surface area contributed by atoms with Gasteiger partial charge in [0.25, 0.3) is 5.91 Å². The quantitative estimate of drug-likeness (QED) is 0.109. The highest BCUT2D eigenvalue weighted by Crippen LogP contribution is 2.37. The number of ether oxygens (including phenoxy) is 4. The minimum absolute atomic E-state index is 0.130. The Morgan fingerprint density at radius 2 is 1.53 bits per heavy atom. The first-order chi connectivity index (χ1) is 20.7. The van der Waals surface area contributed by atoms with Crippen molar-refractivity contribution in [3.8, 4) is 17.2 Å². The van der Waals surface area contributed by atoms with Crippen LogP contribution in [0.25, 0.3) is 6.08 Å². The number of amides is 2. The number of esters is 1. The summed E-state index contributed by atoms with van der Waals surface area (Å²) in [4.78, 5) is 40.0. The molecule has 0 saturated carbocycles. The Hall–Kier alpha value is -4.05. The molecule has 0 atom stereocenters. The molecule has 0 aliphatic rings. The van der Waals surface area contributed by atoms with Gasteiger partial charge in [0, 0.05) is 25.4 Å². The smallest absolute Gasteiger partial charge is 0.340 e. The molecular formula is C33H46N2O8. The maximum Gasteiger partial charge on any atom is 0.340 e. The molecule has 0 aliphatic carbocycles. The van der Waals surface area contributed by atoms with Crippen molar-refractivity contribution < 1.29 is 38.4 Å². The number of aromatic hydroxyl groups is 1. The van der Waals surface area contributed by atoms with Crippen LogP contribution < -0.4 is 19.7 Å². The van der Waals surface area contributed by atoms with Gasteiger partial charge in [-0.05, 0) is 54.8 Å². The number of likely N-dealkylation sites (N-methyl/N-ethyl adjacent to an activating group) is 1. The molecule has 10 heteroatoms. The predicted molar refractivity (Wildman–Crippen MR) is 168 cm³/mol. The summed E-state index contributed by atoms with van der Waals surface area (Å²) in [5.74, 6) is -1.06. The first-order valence-corrected chi connectivity index (χ1v) is 14.8. The van der Waals surface area contributed by atoms with Crippen LogP contribution in [-0.4, -0.2) is 64.0 Å². The predicted octanol–water partition coefficient (Wildman–Crippen LogP) is 6.36. The van der Waals surface area contributed by atoms with Gasteiger partial charge in [0.05, 0.1) is 32.1 Å². The van der Waals surface area contributed by atoms with Gasteiger partial charge < -0.3 is 34.3 Å². The molecular weight excluding hydrogens is 552 g/mol. The van der Waals surface area contributed by atoms with E-state index in [1.165, 1.54) is 56.6 Å². The van der Waals surface area contributed by atoms with Gasteiger partial charge >= 0.3 is 5.97 Å². The summed E-state index contributed by atoms with van der Waals surface area (Å²) in [6, 6.07) is 7.78. The van der Waals surface area contributed by atoms with E-state index in [-0.39, 0.29) is 41.9 Å². The lowest BCUT2D eigenvalue weighted by Gasteiger charge is -2.21. The maximum absolute atomic E-state index is 13.0. The van der Waals surface area contributed by atoms with Crippen LogP contribution in [0.5, 0.6) is 17.2 Å². The second kappa shape index (κ2) is 19.2. The second-order valence-electron chi connectivity index (χ2n) is 10.1. The van der Waals surface area contributed by atoms with Crippen LogP contribution in [0.3, 0.4) is 0 Å². The number of unbranched alkanes of at least 4 members (excludes halogenated alkanes) is 6. The zero-order valence-electron chi connectivity index (χ0n) is 26.1. The van der Waals surface area contributed by atoms with Crippen LogP contribution in [0.4, 0.5) is 11.4 Å². The number of nitrogens with one attached hydrogen (secondary N) is 1. The van der Waals surface area contributed by atoms with E-state index in [1.54, 1.807) is 31.3 Å². The van der Waals surface area contributed by atoms with Gasteiger partial charge in [0.1, 0.15) is 6.61 Å². The molecule has 2 N–H and O–H groups in total. The van der Waals surface area contributed by atoms with Crippen LogP contribution in [0.2, 0.25) is 0 Å². The van der Waals surface area contributed by atoms with Crippen molar-refractivity contribution in [2.75, 3.05) is 51.3 Å². The monoisotopic (exact) mass is 598 g/mol. The number of anilines is 2. The van der Waals surface area contributed by atoms with Crippen LogP contribution in [0.1, 0.15) is 81.1 Å². The standard InChI is InChI=1S/C33H46N2O8/c1-6-8-10-11-12-13-18-42-23-31(37)35(3)27-22-25(15-16-26(27)33(39)43-19-9-7-2)34-30(36)17-14-24-20-28(40-4)32(38)29(21-24)41-5/h14-17,20-22,38H,6-13,18-19,23H2,1-5H3,(H,34,36). The molecule has 2 rings (SSSR count). The SMILES string of the molecule is CCCCCCCCOCC(=O)N(C)c1cc(NC(=O)C=Cc2cc(OC)c(O)c(OC)c2)ccc1C(=O)OCCCC. The molecule has 10 nitrogen and oxygen atoms in total. The van der Waals surface area contributed by atoms with Gasteiger partial charge in [-0.3, -0.25) is 9.59 Å². The number of carbonyl (C=O) groups excluding carboxylic acids is 3. The third-order valence-electron chi connectivity index (χ3n) is 6.75. The largest absolute Gasteiger partial charge is 0.502 e. The van der Waals surface area contributed by atoms with E-state index in [1.807, 2.05) is 6.92 Å². The van der Waals surface area contributed by atoms with E-state index < -0.39 is 11.9 Å². The fraction of sp³-hybridized carbons (Fsp3) is 0.485. The van der Waals surface area contributed by atoms with E-state index in [9.17, 15) is 19.5 Å². The third kappa shape index (κ3) is 11.6. The molecule has 2 aromatic rings. The van der Waals surface area contributed by atoms with Crippen molar-refractivity contribution >= 4 is 35.2 Å². The van der Waals surface area contributed by atoms with Gasteiger partial charge in [-0.2, -0.15) is 0 Å². The lowest BCUT2D eigenvalue weighted by molar-refractivity contribution is -0.122. The number of carbonyl (C=O) groups is 3. The molecule has 0 bridgehead atoms. The normalized spacial score (nSPS) is 10.9. The molecule has 0 aromatic heterocycles. The van der Waals surface area contributed by atoms with Gasteiger partial charge in [-0.1, -0.05) is 52.4 Å². The molecule has 0 unspecified atom stereocenters. The van der Waals surface area contributed by atoms with Crippen molar-refractivity contribution in [1.82, 2.24) is 0 Å². The summed E-state index contributed by atoms with van der Waals surface area (Å²) < 4.78 is 21.3. The molecule has 0 spiro atoms. The molecule has 0 radical (unpaired) electrons. The lowest BCUT2D eigenvalue weighted by Crippen LogP contribution is -2.32. The number of rotatable bonds is 19. The Morgan fingerprint density at radius 3 is 2.19 bits per heavy atom. The number of benzene rings is 2. The van der Waals surface area contributed by atoms with E-state index in [4.69, 9.17) is 18.9 Å². The molecule has 236 valence electrons. The summed E-state index contributed by atoms with van der Waals surface area (Å²) in [6.07, 6.45) is 11.2. The summed E-state index contributed by atoms with van der Waals surface area (Å²) in [7, 11) is 4.39. The lowest BCUT2D eigenvalue weighted by atomic mass is 10.1. The zero-order chi connectivity index (χ0) is 31.6. The number of nitrogens with zero attached hydrogens (tertiary/aromatic N) is 1. The van der Waals surface area contributed by atoms with E-state index in [0.717, 1.165) is 32.1 Å². The highest BCUT2D eigenvalue weighted by Gasteiger charge is 2.21. The Balaban J connectivity index is 2.15. The van der Waals surface area contributed by atoms with Crippen LogP contribution in [0.15, 0.2) is 36.4 Å². The Morgan fingerprint density at radius 1 is 0.884 bits per heavy atom. The average molecular weight is 599 g/mol. The first kappa shape index (κ1) is 35.1. The van der Waals surface area contributed by atoms with Crippen LogP contribution >= 0.6 is 0 Å². The number of phenols is 1. The maximum atomic E-state index is 13.0. The van der Waals surface area contributed by atoms with Crippen LogP contribution in [-0.2, 0) is 19.1 Å². The molecule has 0 fully saturated rings. The molecule has 2 amide bonds. The van der Waals surface area contributed by atoms with Crippen molar-refractivity contribution in [2.24, 2.45) is 0 Å². The van der Waals surface area contributed by atoms with Gasteiger partial charge in [-0.25, -0.2) is 4.79 Å². The van der Waals surface area contributed by atoms with Gasteiger partial charge in [0.15, 0.2) is 11.5 Å². The molecule has 0 saturated heterocycles. The van der Waals surface area contributed by atoms with Gasteiger partial charge in [0.2, 0.25) is 11.7 Å². The number of hydrogen-bond acceptors (Lipinski definition) is 8. The van der Waals surface area contributed by atoms with Crippen molar-refractivity contribution in [1.29, 1.82) is 0 Å². The van der Waals surface area contributed by atoms with E-state index in [0.29, 0.717) is 23.5 Å². The zero-order valence-corrected chi connectivity index (χ0v) is 26.1. The summed E-state index contributed by atoms with van der Waals surface area (Å²) >= 11 is 0. The van der Waals surface area contributed by atoms with Crippen molar-refractivity contribution in [3.05, 3.63) is 47.5 Å². The third-order valence-corrected chi connectivity index (χ3v) is 6.75. The van der Waals surface area contributed by atoms with Gasteiger partial charge in [-0.15, -0.1) is 0 Å². The molecule has 2 aromatic carbocycles. The fourth-order valence-electron chi connectivity index (χ4n) is 4.19. The molecule has 0 aliphatic heterocycles. The number of methoxy groups -OCH3 is 2. The fourth-order valence-corrected chi connectivity index (χ4v) is 4.19. The summed E-state index contributed by atoms with van der Waals surface area (Å²) in [6.45, 7) is 4.80. The van der Waals surface area contributed by atoms with E-state index >= 15 is 0 Å². The Kier molecular flexibility index (Phi) is 15.7. The van der Waals surface area contributed by atoms with E-state index in [2.05, 4.69) is 12.2 Å². The minimum atomic E-state index is -0.552. The van der Waals surface area contributed by atoms with Crippen LogP contribution in [0, 0.1) is 0 Å². The van der Waals surface area contributed by atoms with Crippen molar-refractivity contribution in [3.63, 3.8) is 0 Å². The summed E-state index contributed by atoms with van der Waals surface area (Å²) in [5, 5.41) is 12.9. The topological polar surface area (TPSA) is 124 Å². The van der Waals surface area contributed by atoms with Crippen molar-refractivity contribution in [2.45, 2.75) is 65.2 Å². The number of hydrogen-bond donors (Lipinski definition) is 2.